The van der Waals surface area contributed by atoms with Crippen molar-refractivity contribution in [2.24, 2.45) is 10.9 Å². The molecule has 2 heterocycles. The van der Waals surface area contributed by atoms with E-state index in [0.717, 1.165) is 18.8 Å². The molecule has 1 fully saturated rings. The number of carbonyl (C=O) groups is 1. The summed E-state index contributed by atoms with van der Waals surface area (Å²) in [6.45, 7) is 2.13. The SMILES string of the molecule is CN=C(NCC(=O)Nc1ccccc1)NCC1CCCN(C)C1c1cccs1.I. The molecule has 1 amide bonds. The minimum Gasteiger partial charge on any atom is -0.356 e. The van der Waals surface area contributed by atoms with Crippen LogP contribution in [-0.4, -0.2) is 50.5 Å². The predicted octanol–water partition coefficient (Wildman–Crippen LogP) is 3.55. The maximum absolute atomic E-state index is 12.1. The van der Waals surface area contributed by atoms with E-state index in [-0.39, 0.29) is 36.4 Å². The van der Waals surface area contributed by atoms with Crippen LogP contribution in [0.5, 0.6) is 0 Å². The second-order valence-corrected chi connectivity index (χ2v) is 8.04. The van der Waals surface area contributed by atoms with E-state index in [1.54, 1.807) is 7.05 Å². The summed E-state index contributed by atoms with van der Waals surface area (Å²) in [5, 5.41) is 11.5. The Kier molecular flexibility index (Phi) is 9.89. The van der Waals surface area contributed by atoms with E-state index in [2.05, 4.69) is 50.4 Å². The lowest BCUT2D eigenvalue weighted by Gasteiger charge is -2.39. The molecule has 0 bridgehead atoms. The van der Waals surface area contributed by atoms with E-state index in [4.69, 9.17) is 0 Å². The van der Waals surface area contributed by atoms with Gasteiger partial charge in [0.2, 0.25) is 5.91 Å². The van der Waals surface area contributed by atoms with Crippen LogP contribution in [0.1, 0.15) is 23.8 Å². The van der Waals surface area contributed by atoms with Gasteiger partial charge in [-0.1, -0.05) is 24.3 Å². The molecule has 2 atom stereocenters. The number of hydrogen-bond acceptors (Lipinski definition) is 4. The van der Waals surface area contributed by atoms with Crippen LogP contribution in [0, 0.1) is 5.92 Å². The molecule has 1 saturated heterocycles. The molecular formula is C21H30IN5OS. The number of rotatable bonds is 6. The van der Waals surface area contributed by atoms with Crippen molar-refractivity contribution in [2.45, 2.75) is 18.9 Å². The quantitative estimate of drug-likeness (QED) is 0.306. The van der Waals surface area contributed by atoms with Gasteiger partial charge >= 0.3 is 0 Å². The zero-order chi connectivity index (χ0) is 19.8. The molecular weight excluding hydrogens is 497 g/mol. The lowest BCUT2D eigenvalue weighted by atomic mass is 9.88. The minimum absolute atomic E-state index is 0. The molecule has 2 aromatic rings. The number of nitrogens with zero attached hydrogens (tertiary/aromatic N) is 2. The first-order chi connectivity index (χ1) is 13.7. The van der Waals surface area contributed by atoms with Gasteiger partial charge < -0.3 is 16.0 Å². The standard InChI is InChI=1S/C21H29N5OS.HI/c1-22-21(24-15-19(27)25-17-9-4-3-5-10-17)23-14-16-8-6-12-26(2)20(16)18-11-7-13-28-18;/h3-5,7,9-11,13,16,20H,6,8,12,14-15H2,1-2H3,(H,25,27)(H2,22,23,24);1H. The van der Waals surface area contributed by atoms with Crippen LogP contribution in [0.3, 0.4) is 0 Å². The first-order valence-corrected chi connectivity index (χ1v) is 10.6. The molecule has 8 heteroatoms. The first-order valence-electron chi connectivity index (χ1n) is 9.70. The molecule has 0 spiro atoms. The molecule has 1 aromatic heterocycles. The van der Waals surface area contributed by atoms with E-state index >= 15 is 0 Å². The summed E-state index contributed by atoms with van der Waals surface area (Å²) in [4.78, 5) is 20.3. The summed E-state index contributed by atoms with van der Waals surface area (Å²) in [5.74, 6) is 1.07. The Morgan fingerprint density at radius 3 is 2.69 bits per heavy atom. The first kappa shape index (κ1) is 23.6. The average Bonchev–Trinajstić information content (AvgIpc) is 3.23. The number of para-hydroxylation sites is 1. The lowest BCUT2D eigenvalue weighted by Crippen LogP contribution is -2.46. The second kappa shape index (κ2) is 12.1. The Bertz CT molecular complexity index is 769. The summed E-state index contributed by atoms with van der Waals surface area (Å²) in [6, 6.07) is 14.2. The largest absolute Gasteiger partial charge is 0.356 e. The Morgan fingerprint density at radius 2 is 2.00 bits per heavy atom. The van der Waals surface area contributed by atoms with Crippen molar-refractivity contribution in [3.05, 3.63) is 52.7 Å². The number of benzene rings is 1. The Morgan fingerprint density at radius 1 is 1.21 bits per heavy atom. The number of thiophene rings is 1. The van der Waals surface area contributed by atoms with Crippen LogP contribution < -0.4 is 16.0 Å². The highest BCUT2D eigenvalue weighted by Gasteiger charge is 2.31. The number of halogens is 1. The smallest absolute Gasteiger partial charge is 0.243 e. The zero-order valence-corrected chi connectivity index (χ0v) is 20.1. The molecule has 6 nitrogen and oxygen atoms in total. The third kappa shape index (κ3) is 6.97. The number of anilines is 1. The number of hydrogen-bond donors (Lipinski definition) is 3. The van der Waals surface area contributed by atoms with Gasteiger partial charge in [0.1, 0.15) is 0 Å². The fraction of sp³-hybridized carbons (Fsp3) is 0.429. The van der Waals surface area contributed by atoms with E-state index in [9.17, 15) is 4.79 Å². The van der Waals surface area contributed by atoms with Gasteiger partial charge in [-0.25, -0.2) is 0 Å². The van der Waals surface area contributed by atoms with Crippen LogP contribution in [0.25, 0.3) is 0 Å². The Hall–Kier alpha value is -1.65. The molecule has 1 aliphatic rings. The van der Waals surface area contributed by atoms with Gasteiger partial charge in [-0.2, -0.15) is 0 Å². The number of likely N-dealkylation sites (tertiary alicyclic amines) is 1. The fourth-order valence-corrected chi connectivity index (χ4v) is 4.70. The molecule has 0 radical (unpaired) electrons. The third-order valence-electron chi connectivity index (χ3n) is 5.07. The Balaban J connectivity index is 0.00000300. The van der Waals surface area contributed by atoms with Crippen LogP contribution >= 0.6 is 35.3 Å². The van der Waals surface area contributed by atoms with Crippen molar-refractivity contribution < 1.29 is 4.79 Å². The van der Waals surface area contributed by atoms with Crippen LogP contribution in [0.15, 0.2) is 52.8 Å². The van der Waals surface area contributed by atoms with Crippen molar-refractivity contribution >= 4 is 52.9 Å². The van der Waals surface area contributed by atoms with E-state index in [0.29, 0.717) is 17.9 Å². The summed E-state index contributed by atoms with van der Waals surface area (Å²) < 4.78 is 0. The predicted molar refractivity (Wildman–Crippen MR) is 132 cm³/mol. The van der Waals surface area contributed by atoms with Crippen molar-refractivity contribution in [3.63, 3.8) is 0 Å². The molecule has 0 aliphatic carbocycles. The highest BCUT2D eigenvalue weighted by molar-refractivity contribution is 14.0. The van der Waals surface area contributed by atoms with Gasteiger partial charge in [0.05, 0.1) is 6.54 Å². The topological polar surface area (TPSA) is 68.8 Å². The van der Waals surface area contributed by atoms with E-state index in [1.165, 1.54) is 17.7 Å². The lowest BCUT2D eigenvalue weighted by molar-refractivity contribution is -0.115. The molecule has 1 aromatic carbocycles. The highest BCUT2D eigenvalue weighted by atomic mass is 127. The van der Waals surface area contributed by atoms with Gasteiger partial charge in [0.25, 0.3) is 0 Å². The van der Waals surface area contributed by atoms with Gasteiger partial charge in [0, 0.05) is 30.2 Å². The molecule has 29 heavy (non-hydrogen) atoms. The molecule has 0 saturated carbocycles. The summed E-state index contributed by atoms with van der Waals surface area (Å²) >= 11 is 1.82. The van der Waals surface area contributed by atoms with Crippen LogP contribution in [-0.2, 0) is 4.79 Å². The number of nitrogens with one attached hydrogen (secondary N) is 3. The Labute approximate surface area is 194 Å². The summed E-state index contributed by atoms with van der Waals surface area (Å²) in [7, 11) is 3.94. The number of piperidine rings is 1. The summed E-state index contributed by atoms with van der Waals surface area (Å²) in [5.41, 5.74) is 0.793. The van der Waals surface area contributed by atoms with Crippen molar-refractivity contribution in [1.82, 2.24) is 15.5 Å². The average molecular weight is 527 g/mol. The number of amides is 1. The monoisotopic (exact) mass is 527 g/mol. The normalized spacial score (nSPS) is 19.9. The maximum Gasteiger partial charge on any atom is 0.243 e. The van der Waals surface area contributed by atoms with E-state index in [1.807, 2.05) is 41.7 Å². The zero-order valence-electron chi connectivity index (χ0n) is 16.9. The van der Waals surface area contributed by atoms with Crippen molar-refractivity contribution in [2.75, 3.05) is 39.0 Å². The maximum atomic E-state index is 12.1. The number of carbonyl (C=O) groups excluding carboxylic acids is 1. The van der Waals surface area contributed by atoms with Gasteiger partial charge in [0.15, 0.2) is 5.96 Å². The van der Waals surface area contributed by atoms with Crippen LogP contribution in [0.2, 0.25) is 0 Å². The highest BCUT2D eigenvalue weighted by Crippen LogP contribution is 2.36. The van der Waals surface area contributed by atoms with Crippen molar-refractivity contribution in [1.29, 1.82) is 0 Å². The fourth-order valence-electron chi connectivity index (χ4n) is 3.72. The van der Waals surface area contributed by atoms with Gasteiger partial charge in [-0.05, 0) is 55.9 Å². The number of aliphatic imine (C=N–C) groups is 1. The minimum atomic E-state index is -0.0944. The molecule has 158 valence electrons. The molecule has 2 unspecified atom stereocenters. The number of guanidine groups is 1. The van der Waals surface area contributed by atoms with Crippen LogP contribution in [0.4, 0.5) is 5.69 Å². The molecule has 3 N–H and O–H groups in total. The van der Waals surface area contributed by atoms with Gasteiger partial charge in [-0.3, -0.25) is 14.7 Å². The molecule has 1 aliphatic heterocycles. The second-order valence-electron chi connectivity index (χ2n) is 7.06. The summed E-state index contributed by atoms with van der Waals surface area (Å²) in [6.07, 6.45) is 2.39. The van der Waals surface area contributed by atoms with Gasteiger partial charge in [-0.15, -0.1) is 35.3 Å². The van der Waals surface area contributed by atoms with E-state index < -0.39 is 0 Å². The molecule has 3 rings (SSSR count). The van der Waals surface area contributed by atoms with Crippen molar-refractivity contribution in [3.8, 4) is 0 Å². The third-order valence-corrected chi connectivity index (χ3v) is 6.01.